The number of benzene rings is 1. The van der Waals surface area contributed by atoms with Crippen LogP contribution in [0.4, 0.5) is 13.2 Å². The zero-order valence-electron chi connectivity index (χ0n) is 14.2. The van der Waals surface area contributed by atoms with E-state index in [-0.39, 0.29) is 17.3 Å². The fourth-order valence-electron chi connectivity index (χ4n) is 2.61. The molecule has 1 aromatic carbocycles. The Hall–Kier alpha value is -2.81. The molecule has 2 heterocycles. The quantitative estimate of drug-likeness (QED) is 0.718. The summed E-state index contributed by atoms with van der Waals surface area (Å²) >= 11 is 5.85. The fraction of sp³-hybridized carbons (Fsp3) is 0.235. The molecule has 0 fully saturated rings. The minimum atomic E-state index is -4.77. The van der Waals surface area contributed by atoms with Crippen molar-refractivity contribution in [3.8, 4) is 5.69 Å². The van der Waals surface area contributed by atoms with Crippen molar-refractivity contribution in [3.05, 3.63) is 65.0 Å². The van der Waals surface area contributed by atoms with Gasteiger partial charge in [0.15, 0.2) is 5.69 Å². The van der Waals surface area contributed by atoms with Crippen LogP contribution in [-0.4, -0.2) is 31.8 Å². The molecular formula is C17H15ClF3N5O. The summed E-state index contributed by atoms with van der Waals surface area (Å²) in [7, 11) is 1.79. The van der Waals surface area contributed by atoms with Gasteiger partial charge in [0.25, 0.3) is 5.91 Å². The van der Waals surface area contributed by atoms with Crippen molar-refractivity contribution in [2.24, 2.45) is 7.05 Å². The van der Waals surface area contributed by atoms with Crippen LogP contribution in [0.2, 0.25) is 5.02 Å². The highest BCUT2D eigenvalue weighted by molar-refractivity contribution is 6.30. The van der Waals surface area contributed by atoms with Gasteiger partial charge < -0.3 is 9.88 Å². The average molecular weight is 398 g/mol. The molecular weight excluding hydrogens is 383 g/mol. The first-order chi connectivity index (χ1) is 12.8. The number of hydrogen-bond donors (Lipinski definition) is 1. The van der Waals surface area contributed by atoms with Crippen LogP contribution in [0.5, 0.6) is 0 Å². The number of halogens is 4. The van der Waals surface area contributed by atoms with Crippen molar-refractivity contribution in [3.63, 3.8) is 0 Å². The Bertz CT molecular complexity index is 964. The molecule has 3 aromatic rings. The van der Waals surface area contributed by atoms with Gasteiger partial charge >= 0.3 is 6.18 Å². The lowest BCUT2D eigenvalue weighted by molar-refractivity contribution is -0.143. The van der Waals surface area contributed by atoms with Crippen molar-refractivity contribution in [2.45, 2.75) is 12.6 Å². The van der Waals surface area contributed by atoms with E-state index in [2.05, 4.69) is 15.4 Å². The summed E-state index contributed by atoms with van der Waals surface area (Å²) in [6.45, 7) is 0.142. The Kier molecular flexibility index (Phi) is 5.22. The van der Waals surface area contributed by atoms with Gasteiger partial charge in [0.1, 0.15) is 5.82 Å². The maximum absolute atomic E-state index is 13.6. The predicted octanol–water partition coefficient (Wildman–Crippen LogP) is 3.25. The van der Waals surface area contributed by atoms with E-state index in [9.17, 15) is 18.0 Å². The van der Waals surface area contributed by atoms with Crippen molar-refractivity contribution in [1.82, 2.24) is 24.6 Å². The lowest BCUT2D eigenvalue weighted by Gasteiger charge is -2.13. The third kappa shape index (κ3) is 4.13. The van der Waals surface area contributed by atoms with Crippen LogP contribution in [-0.2, 0) is 19.6 Å². The van der Waals surface area contributed by atoms with E-state index in [0.717, 1.165) is 6.20 Å². The minimum absolute atomic E-state index is 0.113. The molecule has 0 aliphatic heterocycles. The SMILES string of the molecule is Cn1ccnc1CCNC(=O)c1cnn(-c2cccc(Cl)c2)c1C(F)(F)F. The Labute approximate surface area is 157 Å². The van der Waals surface area contributed by atoms with Crippen molar-refractivity contribution in [1.29, 1.82) is 0 Å². The van der Waals surface area contributed by atoms with Crippen molar-refractivity contribution < 1.29 is 18.0 Å². The second-order valence-corrected chi connectivity index (χ2v) is 6.19. The topological polar surface area (TPSA) is 64.7 Å². The number of nitrogens with zero attached hydrogens (tertiary/aromatic N) is 4. The first-order valence-electron chi connectivity index (χ1n) is 7.93. The number of imidazole rings is 1. The van der Waals surface area contributed by atoms with Gasteiger partial charge in [0.2, 0.25) is 0 Å². The maximum Gasteiger partial charge on any atom is 0.434 e. The summed E-state index contributed by atoms with van der Waals surface area (Å²) in [6.07, 6.45) is -0.133. The smallest absolute Gasteiger partial charge is 0.351 e. The number of rotatable bonds is 5. The Balaban J connectivity index is 1.84. The van der Waals surface area contributed by atoms with Crippen LogP contribution in [0.3, 0.4) is 0 Å². The zero-order chi connectivity index (χ0) is 19.6. The van der Waals surface area contributed by atoms with Crippen LogP contribution in [0.1, 0.15) is 21.9 Å². The lowest BCUT2D eigenvalue weighted by Crippen LogP contribution is -2.28. The molecule has 0 bridgehead atoms. The van der Waals surface area contributed by atoms with Gasteiger partial charge in [0.05, 0.1) is 17.4 Å². The van der Waals surface area contributed by atoms with E-state index < -0.39 is 23.3 Å². The Morgan fingerprint density at radius 1 is 1.33 bits per heavy atom. The summed E-state index contributed by atoms with van der Waals surface area (Å²) in [5.74, 6) is -0.147. The van der Waals surface area contributed by atoms with E-state index in [1.807, 2.05) is 0 Å². The number of aryl methyl sites for hydroxylation is 1. The van der Waals surface area contributed by atoms with Gasteiger partial charge in [-0.05, 0) is 18.2 Å². The highest BCUT2D eigenvalue weighted by Gasteiger charge is 2.40. The van der Waals surface area contributed by atoms with E-state index in [0.29, 0.717) is 16.9 Å². The first-order valence-corrected chi connectivity index (χ1v) is 8.30. The largest absolute Gasteiger partial charge is 0.434 e. The van der Waals surface area contributed by atoms with E-state index in [4.69, 9.17) is 11.6 Å². The molecule has 0 aliphatic carbocycles. The van der Waals surface area contributed by atoms with Crippen LogP contribution in [0.15, 0.2) is 42.9 Å². The lowest BCUT2D eigenvalue weighted by atomic mass is 10.2. The molecule has 1 N–H and O–H groups in total. The summed E-state index contributed by atoms with van der Waals surface area (Å²) in [5, 5.41) is 6.49. The average Bonchev–Trinajstić information content (AvgIpc) is 3.21. The maximum atomic E-state index is 13.6. The van der Waals surface area contributed by atoms with Gasteiger partial charge in [-0.1, -0.05) is 17.7 Å². The van der Waals surface area contributed by atoms with E-state index >= 15 is 0 Å². The number of alkyl halides is 3. The van der Waals surface area contributed by atoms with E-state index in [1.165, 1.54) is 24.3 Å². The van der Waals surface area contributed by atoms with Crippen LogP contribution >= 0.6 is 11.6 Å². The van der Waals surface area contributed by atoms with Gasteiger partial charge in [-0.3, -0.25) is 4.79 Å². The summed E-state index contributed by atoms with van der Waals surface area (Å²) in [6, 6.07) is 5.81. The van der Waals surface area contributed by atoms with Gasteiger partial charge in [-0.2, -0.15) is 18.3 Å². The first kappa shape index (κ1) is 19.0. The Morgan fingerprint density at radius 3 is 2.74 bits per heavy atom. The number of nitrogens with one attached hydrogen (secondary N) is 1. The number of hydrogen-bond acceptors (Lipinski definition) is 3. The molecule has 10 heteroatoms. The molecule has 0 atom stereocenters. The normalized spacial score (nSPS) is 11.6. The van der Waals surface area contributed by atoms with Gasteiger partial charge in [0, 0.05) is 37.4 Å². The predicted molar refractivity (Wildman–Crippen MR) is 92.8 cm³/mol. The number of amides is 1. The van der Waals surface area contributed by atoms with Crippen LogP contribution < -0.4 is 5.32 Å². The van der Waals surface area contributed by atoms with Crippen molar-refractivity contribution in [2.75, 3.05) is 6.54 Å². The van der Waals surface area contributed by atoms with Crippen molar-refractivity contribution >= 4 is 17.5 Å². The second kappa shape index (κ2) is 7.43. The molecule has 2 aromatic heterocycles. The number of carbonyl (C=O) groups excluding carboxylic acids is 1. The third-order valence-corrected chi connectivity index (χ3v) is 4.13. The summed E-state index contributed by atoms with van der Waals surface area (Å²) in [5.41, 5.74) is -1.59. The van der Waals surface area contributed by atoms with E-state index in [1.54, 1.807) is 24.0 Å². The molecule has 0 aliphatic rings. The number of aromatic nitrogens is 4. The Morgan fingerprint density at radius 2 is 2.11 bits per heavy atom. The molecule has 0 radical (unpaired) electrons. The molecule has 6 nitrogen and oxygen atoms in total. The number of carbonyl (C=O) groups is 1. The molecule has 0 unspecified atom stereocenters. The molecule has 0 saturated heterocycles. The van der Waals surface area contributed by atoms with Crippen LogP contribution in [0, 0.1) is 0 Å². The minimum Gasteiger partial charge on any atom is -0.351 e. The fourth-order valence-corrected chi connectivity index (χ4v) is 2.80. The third-order valence-electron chi connectivity index (χ3n) is 3.89. The molecule has 142 valence electrons. The van der Waals surface area contributed by atoms with Crippen LogP contribution in [0.25, 0.3) is 5.69 Å². The monoisotopic (exact) mass is 397 g/mol. The molecule has 3 rings (SSSR count). The summed E-state index contributed by atoms with van der Waals surface area (Å²) < 4.78 is 43.2. The van der Waals surface area contributed by atoms with Gasteiger partial charge in [-0.15, -0.1) is 0 Å². The molecule has 27 heavy (non-hydrogen) atoms. The van der Waals surface area contributed by atoms with Gasteiger partial charge in [-0.25, -0.2) is 9.67 Å². The molecule has 1 amide bonds. The highest BCUT2D eigenvalue weighted by atomic mass is 35.5. The highest BCUT2D eigenvalue weighted by Crippen LogP contribution is 2.34. The standard InChI is InChI=1S/C17H15ClF3N5O/c1-25-8-7-22-14(25)5-6-23-16(27)13-10-24-26(15(13)17(19,20)21)12-4-2-3-11(18)9-12/h2-4,7-10H,5-6H2,1H3,(H,23,27). The molecule has 0 spiro atoms. The molecule has 0 saturated carbocycles. The zero-order valence-corrected chi connectivity index (χ0v) is 14.9. The summed E-state index contributed by atoms with van der Waals surface area (Å²) in [4.78, 5) is 16.4. The second-order valence-electron chi connectivity index (χ2n) is 5.76.